The number of nitrogens with one attached hydrogen (secondary N) is 1. The highest BCUT2D eigenvalue weighted by Gasteiger charge is 2.19. The molecule has 0 amide bonds. The van der Waals surface area contributed by atoms with E-state index >= 15 is 0 Å². The van der Waals surface area contributed by atoms with E-state index in [1.54, 1.807) is 13.3 Å². The molecule has 0 saturated carbocycles. The second kappa shape index (κ2) is 7.00. The van der Waals surface area contributed by atoms with Crippen LogP contribution in [0.15, 0.2) is 18.5 Å². The summed E-state index contributed by atoms with van der Waals surface area (Å²) in [6, 6.07) is 2.48. The summed E-state index contributed by atoms with van der Waals surface area (Å²) in [6.07, 6.45) is 7.60. The standard InChI is InChI=1S/C14H22N2OS/c1-15-14(7-11-3-5-18-6-4-11)12-8-13(17-2)10-16-9-12/h8-11,14-15H,3-7H2,1-2H3. The van der Waals surface area contributed by atoms with Crippen LogP contribution in [0.1, 0.15) is 30.9 Å². The number of methoxy groups -OCH3 is 1. The summed E-state index contributed by atoms with van der Waals surface area (Å²) in [6.45, 7) is 0. The van der Waals surface area contributed by atoms with Crippen LogP contribution < -0.4 is 10.1 Å². The van der Waals surface area contributed by atoms with Crippen molar-refractivity contribution in [2.45, 2.75) is 25.3 Å². The lowest BCUT2D eigenvalue weighted by molar-refractivity contribution is 0.380. The third-order valence-electron chi connectivity index (χ3n) is 3.63. The third-order valence-corrected chi connectivity index (χ3v) is 4.68. The van der Waals surface area contributed by atoms with E-state index in [-0.39, 0.29) is 0 Å². The van der Waals surface area contributed by atoms with E-state index in [4.69, 9.17) is 4.74 Å². The first-order valence-corrected chi connectivity index (χ1v) is 7.73. The van der Waals surface area contributed by atoms with Crippen molar-refractivity contribution in [2.24, 2.45) is 5.92 Å². The Morgan fingerprint density at radius 2 is 2.22 bits per heavy atom. The lowest BCUT2D eigenvalue weighted by Gasteiger charge is -2.26. The Bertz CT molecular complexity index is 367. The number of ether oxygens (including phenoxy) is 1. The number of rotatable bonds is 5. The van der Waals surface area contributed by atoms with E-state index in [2.05, 4.69) is 28.1 Å². The Labute approximate surface area is 114 Å². The molecule has 2 rings (SSSR count). The fourth-order valence-electron chi connectivity index (χ4n) is 2.47. The zero-order valence-electron chi connectivity index (χ0n) is 11.2. The van der Waals surface area contributed by atoms with E-state index in [1.807, 2.05) is 13.2 Å². The number of hydrogen-bond acceptors (Lipinski definition) is 4. The van der Waals surface area contributed by atoms with Crippen molar-refractivity contribution in [3.05, 3.63) is 24.0 Å². The average molecular weight is 266 g/mol. The van der Waals surface area contributed by atoms with Crippen LogP contribution in [0.2, 0.25) is 0 Å². The second-order valence-corrected chi connectivity index (χ2v) is 6.02. The van der Waals surface area contributed by atoms with E-state index in [0.29, 0.717) is 6.04 Å². The molecule has 0 aliphatic carbocycles. The number of hydrogen-bond donors (Lipinski definition) is 1. The molecule has 1 fully saturated rings. The number of thioether (sulfide) groups is 1. The first kappa shape index (κ1) is 13.7. The van der Waals surface area contributed by atoms with Crippen LogP contribution in [0.3, 0.4) is 0 Å². The topological polar surface area (TPSA) is 34.2 Å². The Morgan fingerprint density at radius 1 is 1.44 bits per heavy atom. The van der Waals surface area contributed by atoms with Gasteiger partial charge in [0.25, 0.3) is 0 Å². The summed E-state index contributed by atoms with van der Waals surface area (Å²) in [5.41, 5.74) is 1.23. The summed E-state index contributed by atoms with van der Waals surface area (Å²) >= 11 is 2.08. The lowest BCUT2D eigenvalue weighted by Crippen LogP contribution is -2.22. The molecule has 0 aromatic carbocycles. The molecule has 1 unspecified atom stereocenters. The molecule has 1 aliphatic heterocycles. The summed E-state index contributed by atoms with van der Waals surface area (Å²) < 4.78 is 5.25. The minimum absolute atomic E-state index is 0.390. The molecular formula is C14H22N2OS. The van der Waals surface area contributed by atoms with Crippen LogP contribution in [0, 0.1) is 5.92 Å². The van der Waals surface area contributed by atoms with Crippen LogP contribution in [0.25, 0.3) is 0 Å². The molecule has 1 atom stereocenters. The second-order valence-electron chi connectivity index (χ2n) is 4.79. The average Bonchev–Trinajstić information content (AvgIpc) is 2.46. The van der Waals surface area contributed by atoms with E-state index in [1.165, 1.54) is 36.3 Å². The van der Waals surface area contributed by atoms with Crippen molar-refractivity contribution in [2.75, 3.05) is 25.7 Å². The highest BCUT2D eigenvalue weighted by Crippen LogP contribution is 2.31. The van der Waals surface area contributed by atoms with E-state index < -0.39 is 0 Å². The van der Waals surface area contributed by atoms with E-state index in [9.17, 15) is 0 Å². The monoisotopic (exact) mass is 266 g/mol. The van der Waals surface area contributed by atoms with Gasteiger partial charge in [-0.25, -0.2) is 0 Å². The van der Waals surface area contributed by atoms with Crippen LogP contribution in [0.4, 0.5) is 0 Å². The van der Waals surface area contributed by atoms with Gasteiger partial charge in [0.2, 0.25) is 0 Å². The van der Waals surface area contributed by atoms with Crippen LogP contribution in [0.5, 0.6) is 5.75 Å². The largest absolute Gasteiger partial charge is 0.495 e. The van der Waals surface area contributed by atoms with E-state index in [0.717, 1.165) is 11.7 Å². The molecule has 1 aromatic heterocycles. The van der Waals surface area contributed by atoms with Crippen LogP contribution >= 0.6 is 11.8 Å². The number of pyridine rings is 1. The van der Waals surface area contributed by atoms with Gasteiger partial charge in [-0.2, -0.15) is 11.8 Å². The molecule has 2 heterocycles. The predicted octanol–water partition coefficient (Wildman–Crippen LogP) is 2.88. The fourth-order valence-corrected chi connectivity index (χ4v) is 3.68. The van der Waals surface area contributed by atoms with Gasteiger partial charge in [0, 0.05) is 12.2 Å². The zero-order chi connectivity index (χ0) is 12.8. The highest BCUT2D eigenvalue weighted by atomic mass is 32.2. The van der Waals surface area contributed by atoms with Crippen molar-refractivity contribution in [3.63, 3.8) is 0 Å². The maximum absolute atomic E-state index is 5.25. The Kier molecular flexibility index (Phi) is 5.32. The fraction of sp³-hybridized carbons (Fsp3) is 0.643. The van der Waals surface area contributed by atoms with Gasteiger partial charge in [-0.3, -0.25) is 4.98 Å². The van der Waals surface area contributed by atoms with Crippen molar-refractivity contribution in [1.29, 1.82) is 0 Å². The SMILES string of the molecule is CNC(CC1CCSCC1)c1cncc(OC)c1. The van der Waals surface area contributed by atoms with Gasteiger partial charge < -0.3 is 10.1 Å². The van der Waals surface area contributed by atoms with Gasteiger partial charge in [0.05, 0.1) is 13.3 Å². The van der Waals surface area contributed by atoms with Crippen LogP contribution in [-0.4, -0.2) is 30.6 Å². The maximum atomic E-state index is 5.25. The molecule has 1 N–H and O–H groups in total. The first-order valence-electron chi connectivity index (χ1n) is 6.57. The van der Waals surface area contributed by atoms with Gasteiger partial charge in [0.15, 0.2) is 0 Å². The molecular weight excluding hydrogens is 244 g/mol. The molecule has 0 spiro atoms. The molecule has 100 valence electrons. The summed E-state index contributed by atoms with van der Waals surface area (Å²) in [5.74, 6) is 4.32. The van der Waals surface area contributed by atoms with Crippen LogP contribution in [-0.2, 0) is 0 Å². The minimum atomic E-state index is 0.390. The molecule has 1 saturated heterocycles. The summed E-state index contributed by atoms with van der Waals surface area (Å²) in [5, 5.41) is 3.41. The Morgan fingerprint density at radius 3 is 2.89 bits per heavy atom. The lowest BCUT2D eigenvalue weighted by atomic mass is 9.91. The normalized spacial score (nSPS) is 18.6. The summed E-state index contributed by atoms with van der Waals surface area (Å²) in [4.78, 5) is 4.25. The number of nitrogens with zero attached hydrogens (tertiary/aromatic N) is 1. The van der Waals surface area contributed by atoms with Gasteiger partial charge in [0.1, 0.15) is 5.75 Å². The van der Waals surface area contributed by atoms with Gasteiger partial charge in [-0.05, 0) is 55.4 Å². The quantitative estimate of drug-likeness (QED) is 0.888. The molecule has 1 aromatic rings. The predicted molar refractivity (Wildman–Crippen MR) is 77.3 cm³/mol. The number of aromatic nitrogens is 1. The van der Waals surface area contributed by atoms with Gasteiger partial charge >= 0.3 is 0 Å². The third kappa shape index (κ3) is 3.62. The van der Waals surface area contributed by atoms with Gasteiger partial charge in [-0.15, -0.1) is 0 Å². The molecule has 0 radical (unpaired) electrons. The smallest absolute Gasteiger partial charge is 0.137 e. The Balaban J connectivity index is 2.02. The van der Waals surface area contributed by atoms with Crippen molar-refractivity contribution >= 4 is 11.8 Å². The maximum Gasteiger partial charge on any atom is 0.137 e. The molecule has 0 bridgehead atoms. The van der Waals surface area contributed by atoms with Crippen molar-refractivity contribution < 1.29 is 4.74 Å². The first-order chi connectivity index (χ1) is 8.83. The van der Waals surface area contributed by atoms with Crippen molar-refractivity contribution in [3.8, 4) is 5.75 Å². The summed E-state index contributed by atoms with van der Waals surface area (Å²) in [7, 11) is 3.72. The highest BCUT2D eigenvalue weighted by molar-refractivity contribution is 7.99. The molecule has 4 heteroatoms. The minimum Gasteiger partial charge on any atom is -0.495 e. The van der Waals surface area contributed by atoms with Crippen molar-refractivity contribution in [1.82, 2.24) is 10.3 Å². The Hall–Kier alpha value is -0.740. The van der Waals surface area contributed by atoms with Gasteiger partial charge in [-0.1, -0.05) is 0 Å². The molecule has 3 nitrogen and oxygen atoms in total. The molecule has 18 heavy (non-hydrogen) atoms. The molecule has 1 aliphatic rings. The zero-order valence-corrected chi connectivity index (χ0v) is 12.0.